The van der Waals surface area contributed by atoms with E-state index in [2.05, 4.69) is 15.2 Å². The molecule has 0 aliphatic heterocycles. The molecule has 3 aromatic heterocycles. The quantitative estimate of drug-likeness (QED) is 0.349. The maximum absolute atomic E-state index is 13.1. The fourth-order valence-electron chi connectivity index (χ4n) is 2.79. The van der Waals surface area contributed by atoms with Gasteiger partial charge in [-0.25, -0.2) is 4.98 Å². The second kappa shape index (κ2) is 9.24. The van der Waals surface area contributed by atoms with Gasteiger partial charge < -0.3 is 19.4 Å². The van der Waals surface area contributed by atoms with Crippen molar-refractivity contribution in [2.45, 2.75) is 12.3 Å². The number of fused-ring (bicyclic) bond motifs is 1. The molecule has 0 radical (unpaired) electrons. The summed E-state index contributed by atoms with van der Waals surface area (Å²) in [5, 5.41) is 27.4. The summed E-state index contributed by atoms with van der Waals surface area (Å²) < 4.78 is 45.7. The molecule has 174 valence electrons. The molecule has 2 N–H and O–H groups in total. The molecule has 0 unspecified atom stereocenters. The van der Waals surface area contributed by atoms with E-state index in [0.717, 1.165) is 23.6 Å². The molecule has 33 heavy (non-hydrogen) atoms. The molecule has 0 saturated heterocycles. The number of aromatic nitrogens is 4. The molecule has 1 atom stereocenters. The lowest BCUT2D eigenvalue weighted by Crippen LogP contribution is -2.21. The standard InChI is InChI=1S/C19H12Cl3F3N4O3S/c20-11-3-15(32-7-9(31)6-30)12(21)2-10(11)17-27-28-18(33-17)14-5-29-4-8(19(23,24)25)1-13(22)16(29)26-14/h1-5,9,30-31H,6-7H2/t9-/m0/s1. The maximum atomic E-state index is 13.1. The predicted octanol–water partition coefficient (Wildman–Crippen LogP) is 5.23. The first-order valence-corrected chi connectivity index (χ1v) is 11.0. The van der Waals surface area contributed by atoms with Crippen molar-refractivity contribution in [2.75, 3.05) is 13.2 Å². The Hall–Kier alpha value is -2.15. The predicted molar refractivity (Wildman–Crippen MR) is 118 cm³/mol. The summed E-state index contributed by atoms with van der Waals surface area (Å²) >= 11 is 19.6. The summed E-state index contributed by atoms with van der Waals surface area (Å²) in [6.45, 7) is -0.649. The van der Waals surface area contributed by atoms with Crippen LogP contribution in [0.2, 0.25) is 15.1 Å². The van der Waals surface area contributed by atoms with Gasteiger partial charge in [0.2, 0.25) is 0 Å². The van der Waals surface area contributed by atoms with Crippen LogP contribution in [0.1, 0.15) is 5.56 Å². The van der Waals surface area contributed by atoms with Crippen LogP contribution >= 0.6 is 46.1 Å². The molecule has 0 amide bonds. The molecule has 0 saturated carbocycles. The van der Waals surface area contributed by atoms with E-state index in [1.54, 1.807) is 0 Å². The number of aliphatic hydroxyl groups excluding tert-OH is 2. The molecule has 14 heteroatoms. The Balaban J connectivity index is 1.65. The van der Waals surface area contributed by atoms with E-state index in [0.29, 0.717) is 15.6 Å². The highest BCUT2D eigenvalue weighted by atomic mass is 35.5. The average Bonchev–Trinajstić information content (AvgIpc) is 3.40. The summed E-state index contributed by atoms with van der Waals surface area (Å²) in [7, 11) is 0. The van der Waals surface area contributed by atoms with Crippen LogP contribution in [-0.4, -0.2) is 49.1 Å². The zero-order valence-corrected chi connectivity index (χ0v) is 19.2. The van der Waals surface area contributed by atoms with Gasteiger partial charge in [-0.3, -0.25) is 0 Å². The van der Waals surface area contributed by atoms with Crippen molar-refractivity contribution < 1.29 is 28.1 Å². The Morgan fingerprint density at radius 1 is 1.03 bits per heavy atom. The Morgan fingerprint density at radius 2 is 1.76 bits per heavy atom. The van der Waals surface area contributed by atoms with Crippen molar-refractivity contribution in [2.24, 2.45) is 0 Å². The monoisotopic (exact) mass is 538 g/mol. The molecule has 0 fully saturated rings. The summed E-state index contributed by atoms with van der Waals surface area (Å²) in [6.07, 6.45) is -3.36. The van der Waals surface area contributed by atoms with E-state index in [4.69, 9.17) is 44.6 Å². The third kappa shape index (κ3) is 5.03. The molecular weight excluding hydrogens is 528 g/mol. The van der Waals surface area contributed by atoms with Gasteiger partial charge in [0.15, 0.2) is 10.7 Å². The molecule has 4 rings (SSSR count). The largest absolute Gasteiger partial charge is 0.489 e. The molecule has 1 aromatic carbocycles. The molecule has 3 heterocycles. The fraction of sp³-hybridized carbons (Fsp3) is 0.211. The number of ether oxygens (including phenoxy) is 1. The van der Waals surface area contributed by atoms with Crippen LogP contribution < -0.4 is 4.74 Å². The van der Waals surface area contributed by atoms with Gasteiger partial charge in [0.05, 0.1) is 27.2 Å². The number of nitrogens with zero attached hydrogens (tertiary/aromatic N) is 4. The van der Waals surface area contributed by atoms with Gasteiger partial charge in [-0.15, -0.1) is 10.2 Å². The minimum absolute atomic E-state index is 0.143. The number of benzene rings is 1. The molecule has 7 nitrogen and oxygen atoms in total. The first-order chi connectivity index (χ1) is 15.6. The second-order valence-corrected chi connectivity index (χ2v) is 8.95. The molecule has 0 spiro atoms. The zero-order chi connectivity index (χ0) is 23.9. The van der Waals surface area contributed by atoms with Gasteiger partial charge in [0.1, 0.15) is 29.2 Å². The smallest absolute Gasteiger partial charge is 0.417 e. The lowest BCUT2D eigenvalue weighted by atomic mass is 10.2. The van der Waals surface area contributed by atoms with Gasteiger partial charge >= 0.3 is 6.18 Å². The lowest BCUT2D eigenvalue weighted by Gasteiger charge is -2.12. The molecule has 0 bridgehead atoms. The van der Waals surface area contributed by atoms with E-state index in [1.807, 2.05) is 0 Å². The maximum Gasteiger partial charge on any atom is 0.417 e. The van der Waals surface area contributed by atoms with Crippen molar-refractivity contribution >= 4 is 51.8 Å². The first kappa shape index (κ1) is 24.0. The van der Waals surface area contributed by atoms with Gasteiger partial charge in [0, 0.05) is 24.0 Å². The van der Waals surface area contributed by atoms with E-state index in [-0.39, 0.29) is 38.8 Å². The number of hydrogen-bond acceptors (Lipinski definition) is 7. The van der Waals surface area contributed by atoms with Crippen molar-refractivity contribution in [1.82, 2.24) is 19.6 Å². The molecule has 0 aliphatic carbocycles. The fourth-order valence-corrected chi connectivity index (χ4v) is 4.40. The average molecular weight is 540 g/mol. The van der Waals surface area contributed by atoms with Crippen LogP contribution in [0.25, 0.3) is 26.9 Å². The Bertz CT molecular complexity index is 1330. The van der Waals surface area contributed by atoms with E-state index in [9.17, 15) is 18.3 Å². The zero-order valence-electron chi connectivity index (χ0n) is 16.1. The normalized spacial score (nSPS) is 13.0. The number of hydrogen-bond donors (Lipinski definition) is 2. The summed E-state index contributed by atoms with van der Waals surface area (Å²) in [5.74, 6) is 0.207. The van der Waals surface area contributed by atoms with Crippen LogP contribution in [0.4, 0.5) is 13.2 Å². The van der Waals surface area contributed by atoms with Crippen LogP contribution in [-0.2, 0) is 6.18 Å². The Kier molecular flexibility index (Phi) is 6.72. The van der Waals surface area contributed by atoms with Crippen molar-refractivity contribution in [1.29, 1.82) is 0 Å². The Labute approximate surface area is 202 Å². The number of alkyl halides is 3. The lowest BCUT2D eigenvalue weighted by molar-refractivity contribution is -0.137. The second-order valence-electron chi connectivity index (χ2n) is 6.75. The SMILES string of the molecule is OC[C@H](O)COc1cc(Cl)c(-c2nnc(-c3cn4cc(C(F)(F)F)cc(Cl)c4n3)s2)cc1Cl. The number of aliphatic hydroxyl groups is 2. The van der Waals surface area contributed by atoms with E-state index in [1.165, 1.54) is 22.7 Å². The van der Waals surface area contributed by atoms with Crippen molar-refractivity contribution in [3.63, 3.8) is 0 Å². The molecule has 4 aromatic rings. The minimum Gasteiger partial charge on any atom is -0.489 e. The van der Waals surface area contributed by atoms with E-state index >= 15 is 0 Å². The van der Waals surface area contributed by atoms with Crippen LogP contribution in [0, 0.1) is 0 Å². The number of pyridine rings is 1. The van der Waals surface area contributed by atoms with Crippen molar-refractivity contribution in [3.05, 3.63) is 51.2 Å². The number of imidazole rings is 1. The third-order valence-electron chi connectivity index (χ3n) is 4.37. The van der Waals surface area contributed by atoms with Gasteiger partial charge in [-0.2, -0.15) is 13.2 Å². The summed E-state index contributed by atoms with van der Waals surface area (Å²) in [4.78, 5) is 4.26. The minimum atomic E-state index is -4.56. The van der Waals surface area contributed by atoms with Crippen molar-refractivity contribution in [3.8, 4) is 27.0 Å². The third-order valence-corrected chi connectivity index (χ3v) is 6.24. The molecule has 0 aliphatic rings. The highest BCUT2D eigenvalue weighted by Crippen LogP contribution is 2.40. The highest BCUT2D eigenvalue weighted by Gasteiger charge is 2.32. The van der Waals surface area contributed by atoms with Crippen LogP contribution in [0.15, 0.2) is 30.6 Å². The van der Waals surface area contributed by atoms with Gasteiger partial charge in [-0.05, 0) is 12.1 Å². The summed E-state index contributed by atoms with van der Waals surface area (Å²) in [5.41, 5.74) is -0.0389. The van der Waals surface area contributed by atoms with E-state index < -0.39 is 24.5 Å². The molecular formula is C19H12Cl3F3N4O3S. The van der Waals surface area contributed by atoms with Gasteiger partial charge in [-0.1, -0.05) is 46.1 Å². The topological polar surface area (TPSA) is 92.8 Å². The summed E-state index contributed by atoms with van der Waals surface area (Å²) in [6, 6.07) is 3.75. The van der Waals surface area contributed by atoms with Crippen LogP contribution in [0.3, 0.4) is 0 Å². The number of rotatable bonds is 6. The van der Waals surface area contributed by atoms with Gasteiger partial charge in [0.25, 0.3) is 0 Å². The Morgan fingerprint density at radius 3 is 2.45 bits per heavy atom. The first-order valence-electron chi connectivity index (χ1n) is 9.07. The van der Waals surface area contributed by atoms with Crippen LogP contribution in [0.5, 0.6) is 5.75 Å². The highest BCUT2D eigenvalue weighted by molar-refractivity contribution is 7.18. The number of halogens is 6.